The Labute approximate surface area is 98.9 Å². The van der Waals surface area contributed by atoms with E-state index in [1.54, 1.807) is 0 Å². The molecular formula is C13H23N3. The van der Waals surface area contributed by atoms with Crippen LogP contribution in [0.5, 0.6) is 0 Å². The van der Waals surface area contributed by atoms with Crippen molar-refractivity contribution < 1.29 is 0 Å². The highest BCUT2D eigenvalue weighted by Gasteiger charge is 2.00. The van der Waals surface area contributed by atoms with Crippen LogP contribution in [0.3, 0.4) is 0 Å². The maximum absolute atomic E-state index is 4.12. The van der Waals surface area contributed by atoms with E-state index in [1.165, 1.54) is 12.0 Å². The Morgan fingerprint density at radius 2 is 2.25 bits per heavy atom. The Morgan fingerprint density at radius 3 is 2.88 bits per heavy atom. The summed E-state index contributed by atoms with van der Waals surface area (Å²) < 4.78 is 0. The first-order chi connectivity index (χ1) is 7.68. The molecule has 3 heteroatoms. The molecule has 1 aromatic heterocycles. The van der Waals surface area contributed by atoms with Crippen molar-refractivity contribution in [1.29, 1.82) is 0 Å². The smallest absolute Gasteiger partial charge is 0.0312 e. The zero-order valence-corrected chi connectivity index (χ0v) is 10.6. The summed E-state index contributed by atoms with van der Waals surface area (Å²) in [4.78, 5) is 6.45. The Hall–Kier alpha value is -0.930. The molecule has 16 heavy (non-hydrogen) atoms. The lowest BCUT2D eigenvalue weighted by Crippen LogP contribution is -2.27. The second-order valence-corrected chi connectivity index (χ2v) is 4.56. The molecule has 0 saturated heterocycles. The van der Waals surface area contributed by atoms with E-state index in [2.05, 4.69) is 42.2 Å². The largest absolute Gasteiger partial charge is 0.314 e. The summed E-state index contributed by atoms with van der Waals surface area (Å²) in [6.07, 6.45) is 4.94. The minimum absolute atomic E-state index is 0.587. The van der Waals surface area contributed by atoms with E-state index in [0.29, 0.717) is 6.04 Å². The fourth-order valence-electron chi connectivity index (χ4n) is 1.62. The van der Waals surface area contributed by atoms with E-state index >= 15 is 0 Å². The molecule has 0 aliphatic heterocycles. The minimum Gasteiger partial charge on any atom is -0.314 e. The molecule has 0 fully saturated rings. The van der Waals surface area contributed by atoms with Gasteiger partial charge in [-0.05, 0) is 38.2 Å². The van der Waals surface area contributed by atoms with E-state index in [1.807, 2.05) is 18.5 Å². The third kappa shape index (κ3) is 5.83. The highest BCUT2D eigenvalue weighted by molar-refractivity contribution is 5.07. The third-order valence-electron chi connectivity index (χ3n) is 2.44. The molecule has 0 amide bonds. The molecule has 1 rings (SSSR count). The molecule has 0 bridgehead atoms. The normalized spacial score (nSPS) is 11.3. The van der Waals surface area contributed by atoms with Crippen LogP contribution in [0.4, 0.5) is 0 Å². The van der Waals surface area contributed by atoms with Gasteiger partial charge in [-0.25, -0.2) is 0 Å². The summed E-state index contributed by atoms with van der Waals surface area (Å²) in [5.74, 6) is 0. The van der Waals surface area contributed by atoms with Gasteiger partial charge in [0.2, 0.25) is 0 Å². The summed E-state index contributed by atoms with van der Waals surface area (Å²) in [7, 11) is 2.16. The van der Waals surface area contributed by atoms with Crippen molar-refractivity contribution in [3.8, 4) is 0 Å². The van der Waals surface area contributed by atoms with Gasteiger partial charge < -0.3 is 10.2 Å². The van der Waals surface area contributed by atoms with Crippen molar-refractivity contribution in [3.63, 3.8) is 0 Å². The van der Waals surface area contributed by atoms with E-state index in [-0.39, 0.29) is 0 Å². The lowest BCUT2D eigenvalue weighted by atomic mass is 10.2. The van der Waals surface area contributed by atoms with E-state index in [0.717, 1.165) is 19.6 Å². The first-order valence-electron chi connectivity index (χ1n) is 5.99. The van der Waals surface area contributed by atoms with Gasteiger partial charge in [0, 0.05) is 25.0 Å². The minimum atomic E-state index is 0.587. The molecule has 0 spiro atoms. The van der Waals surface area contributed by atoms with Crippen LogP contribution < -0.4 is 5.32 Å². The zero-order valence-electron chi connectivity index (χ0n) is 10.6. The molecule has 1 aromatic rings. The Balaban J connectivity index is 2.14. The number of hydrogen-bond donors (Lipinski definition) is 1. The van der Waals surface area contributed by atoms with Crippen molar-refractivity contribution in [2.24, 2.45) is 0 Å². The predicted molar refractivity (Wildman–Crippen MR) is 68.3 cm³/mol. The van der Waals surface area contributed by atoms with Crippen molar-refractivity contribution in [3.05, 3.63) is 30.1 Å². The van der Waals surface area contributed by atoms with Crippen molar-refractivity contribution in [2.45, 2.75) is 32.9 Å². The Morgan fingerprint density at radius 1 is 1.44 bits per heavy atom. The number of pyridine rings is 1. The van der Waals surface area contributed by atoms with Gasteiger partial charge in [-0.15, -0.1) is 0 Å². The molecule has 1 heterocycles. The summed E-state index contributed by atoms with van der Waals surface area (Å²) in [6.45, 7) is 7.55. The molecule has 0 unspecified atom stereocenters. The predicted octanol–water partition coefficient (Wildman–Crippen LogP) is 1.90. The third-order valence-corrected chi connectivity index (χ3v) is 2.44. The van der Waals surface area contributed by atoms with Crippen molar-refractivity contribution in [2.75, 3.05) is 20.1 Å². The van der Waals surface area contributed by atoms with Crippen LogP contribution in [-0.4, -0.2) is 36.1 Å². The van der Waals surface area contributed by atoms with Gasteiger partial charge in [0.15, 0.2) is 0 Å². The summed E-state index contributed by atoms with van der Waals surface area (Å²) in [5, 5.41) is 3.43. The van der Waals surface area contributed by atoms with Gasteiger partial charge in [-0.2, -0.15) is 0 Å². The van der Waals surface area contributed by atoms with Crippen molar-refractivity contribution >= 4 is 0 Å². The molecule has 0 aliphatic carbocycles. The topological polar surface area (TPSA) is 28.2 Å². The van der Waals surface area contributed by atoms with E-state index < -0.39 is 0 Å². The van der Waals surface area contributed by atoms with Crippen LogP contribution in [0.2, 0.25) is 0 Å². The van der Waals surface area contributed by atoms with Crippen LogP contribution in [0.15, 0.2) is 24.5 Å². The fourth-order valence-corrected chi connectivity index (χ4v) is 1.62. The number of rotatable bonds is 7. The lowest BCUT2D eigenvalue weighted by molar-refractivity contribution is 0.317. The summed E-state index contributed by atoms with van der Waals surface area (Å²) in [5.41, 5.74) is 1.28. The molecule has 0 aliphatic rings. The van der Waals surface area contributed by atoms with Gasteiger partial charge in [-0.1, -0.05) is 19.9 Å². The van der Waals surface area contributed by atoms with Crippen LogP contribution in [0.1, 0.15) is 25.8 Å². The SMILES string of the molecule is CC(C)NCCCN(C)Cc1cccnc1. The van der Waals surface area contributed by atoms with Crippen LogP contribution in [0.25, 0.3) is 0 Å². The zero-order chi connectivity index (χ0) is 11.8. The molecule has 0 aromatic carbocycles. The van der Waals surface area contributed by atoms with E-state index in [4.69, 9.17) is 0 Å². The number of hydrogen-bond acceptors (Lipinski definition) is 3. The van der Waals surface area contributed by atoms with Gasteiger partial charge in [0.05, 0.1) is 0 Å². The Kier molecular flexibility index (Phi) is 6.04. The molecule has 0 saturated carbocycles. The summed E-state index contributed by atoms with van der Waals surface area (Å²) in [6, 6.07) is 4.70. The first kappa shape index (κ1) is 13.1. The molecule has 3 nitrogen and oxygen atoms in total. The monoisotopic (exact) mass is 221 g/mol. The maximum atomic E-state index is 4.12. The Bertz CT molecular complexity index is 272. The maximum Gasteiger partial charge on any atom is 0.0312 e. The number of nitrogens with zero attached hydrogens (tertiary/aromatic N) is 2. The average Bonchev–Trinajstić information content (AvgIpc) is 2.25. The summed E-state index contributed by atoms with van der Waals surface area (Å²) >= 11 is 0. The van der Waals surface area contributed by atoms with Gasteiger partial charge >= 0.3 is 0 Å². The van der Waals surface area contributed by atoms with E-state index in [9.17, 15) is 0 Å². The van der Waals surface area contributed by atoms with Crippen molar-refractivity contribution in [1.82, 2.24) is 15.2 Å². The van der Waals surface area contributed by atoms with Crippen LogP contribution in [0, 0.1) is 0 Å². The molecule has 0 radical (unpaired) electrons. The highest BCUT2D eigenvalue weighted by atomic mass is 15.1. The number of nitrogens with one attached hydrogen (secondary N) is 1. The molecule has 0 atom stereocenters. The number of aromatic nitrogens is 1. The second kappa shape index (κ2) is 7.36. The fraction of sp³-hybridized carbons (Fsp3) is 0.615. The molecule has 1 N–H and O–H groups in total. The molecular weight excluding hydrogens is 198 g/mol. The highest BCUT2D eigenvalue weighted by Crippen LogP contribution is 2.00. The molecule has 90 valence electrons. The standard InChI is InChI=1S/C13H23N3/c1-12(2)15-8-5-9-16(3)11-13-6-4-7-14-10-13/h4,6-7,10,12,15H,5,8-9,11H2,1-3H3. The second-order valence-electron chi connectivity index (χ2n) is 4.56. The average molecular weight is 221 g/mol. The lowest BCUT2D eigenvalue weighted by Gasteiger charge is -2.17. The van der Waals surface area contributed by atoms with Crippen LogP contribution >= 0.6 is 0 Å². The quantitative estimate of drug-likeness (QED) is 0.713. The van der Waals surface area contributed by atoms with Gasteiger partial charge in [0.1, 0.15) is 0 Å². The van der Waals surface area contributed by atoms with Gasteiger partial charge in [0.25, 0.3) is 0 Å². The first-order valence-corrected chi connectivity index (χ1v) is 5.99. The van der Waals surface area contributed by atoms with Crippen LogP contribution in [-0.2, 0) is 6.54 Å². The van der Waals surface area contributed by atoms with Gasteiger partial charge in [-0.3, -0.25) is 4.98 Å².